The lowest BCUT2D eigenvalue weighted by molar-refractivity contribution is 0.0639. The van der Waals surface area contributed by atoms with E-state index in [4.69, 9.17) is 5.73 Å². The van der Waals surface area contributed by atoms with Crippen LogP contribution in [0.4, 0.5) is 0 Å². The number of pyridine rings is 1. The molecule has 0 spiro atoms. The molecule has 5 rings (SSSR count). The predicted molar refractivity (Wildman–Crippen MR) is 106 cm³/mol. The molecule has 7 nitrogen and oxygen atoms in total. The van der Waals surface area contributed by atoms with Crippen molar-refractivity contribution in [3.05, 3.63) is 41.6 Å². The Hall–Kier alpha value is -2.93. The molecule has 2 fully saturated rings. The number of carbonyl (C=O) groups is 1. The summed E-state index contributed by atoms with van der Waals surface area (Å²) in [6, 6.07) is 8.86. The number of aromatic nitrogens is 3. The largest absolute Gasteiger partial charge is 0.508 e. The van der Waals surface area contributed by atoms with Gasteiger partial charge >= 0.3 is 0 Å². The smallest absolute Gasteiger partial charge is 0.254 e. The number of nitrogens with zero attached hydrogens (tertiary/aromatic N) is 3. The average Bonchev–Trinajstić information content (AvgIpc) is 3.14. The predicted octanol–water partition coefficient (Wildman–Crippen LogP) is 2.45. The van der Waals surface area contributed by atoms with E-state index in [0.29, 0.717) is 41.8 Å². The Bertz CT molecular complexity index is 1040. The maximum absolute atomic E-state index is 13.5. The standard InChI is InChI=1S/C21H23N5O2/c1-11-18-16(21(28)26-9-13-2-3-14(10-26)19(13)22)8-17(23-20(18)25-24-11)12-4-6-15(27)7-5-12/h4-8,13-14,19,27H,2-3,9-10,22H2,1H3,(H,23,24,25). The summed E-state index contributed by atoms with van der Waals surface area (Å²) in [6.07, 6.45) is 2.20. The molecular weight excluding hydrogens is 354 g/mol. The minimum atomic E-state index is 0.0146. The number of benzene rings is 1. The Morgan fingerprint density at radius 3 is 2.57 bits per heavy atom. The molecule has 144 valence electrons. The summed E-state index contributed by atoms with van der Waals surface area (Å²) in [5.74, 6) is 0.988. The molecule has 2 aromatic heterocycles. The van der Waals surface area contributed by atoms with Gasteiger partial charge in [0.05, 0.1) is 16.6 Å². The topological polar surface area (TPSA) is 108 Å². The minimum Gasteiger partial charge on any atom is -0.508 e. The molecule has 1 saturated carbocycles. The highest BCUT2D eigenvalue weighted by atomic mass is 16.3. The quantitative estimate of drug-likeness (QED) is 0.636. The fraction of sp³-hybridized carbons (Fsp3) is 0.381. The second-order valence-corrected chi connectivity index (χ2v) is 8.03. The molecule has 1 aromatic carbocycles. The SMILES string of the molecule is Cc1[nH]nc2nc(-c3ccc(O)cc3)cc(C(=O)N3CC4CCC(C3)C4N)c12. The van der Waals surface area contributed by atoms with Crippen LogP contribution in [0.25, 0.3) is 22.3 Å². The van der Waals surface area contributed by atoms with E-state index >= 15 is 0 Å². The minimum absolute atomic E-state index is 0.0146. The first-order valence-electron chi connectivity index (χ1n) is 9.71. The third-order valence-electron chi connectivity index (χ3n) is 6.29. The van der Waals surface area contributed by atoms with Gasteiger partial charge < -0.3 is 15.7 Å². The number of hydrogen-bond acceptors (Lipinski definition) is 5. The third kappa shape index (κ3) is 2.65. The number of phenols is 1. The van der Waals surface area contributed by atoms with Gasteiger partial charge in [0.2, 0.25) is 0 Å². The highest BCUT2D eigenvalue weighted by molar-refractivity contribution is 6.07. The summed E-state index contributed by atoms with van der Waals surface area (Å²) in [5.41, 5.74) is 9.79. The number of likely N-dealkylation sites (tertiary alicyclic amines) is 1. The van der Waals surface area contributed by atoms with Crippen molar-refractivity contribution in [2.75, 3.05) is 13.1 Å². The normalized spacial score (nSPS) is 24.1. The van der Waals surface area contributed by atoms with Gasteiger partial charge in [0.25, 0.3) is 5.91 Å². The molecule has 0 radical (unpaired) electrons. The Morgan fingerprint density at radius 1 is 1.21 bits per heavy atom. The number of nitrogens with two attached hydrogens (primary N) is 1. The van der Waals surface area contributed by atoms with Crippen molar-refractivity contribution in [2.45, 2.75) is 25.8 Å². The molecule has 1 saturated heterocycles. The number of hydrogen-bond donors (Lipinski definition) is 3. The van der Waals surface area contributed by atoms with Crippen LogP contribution in [-0.2, 0) is 0 Å². The summed E-state index contributed by atoms with van der Waals surface area (Å²) in [6.45, 7) is 3.33. The molecular formula is C21H23N5O2. The van der Waals surface area contributed by atoms with Crippen molar-refractivity contribution in [1.82, 2.24) is 20.1 Å². The highest BCUT2D eigenvalue weighted by Gasteiger charge is 2.41. The van der Waals surface area contributed by atoms with Gasteiger partial charge in [-0.05, 0) is 61.9 Å². The van der Waals surface area contributed by atoms with Gasteiger partial charge in [-0.3, -0.25) is 9.89 Å². The van der Waals surface area contributed by atoms with E-state index in [1.54, 1.807) is 24.3 Å². The van der Waals surface area contributed by atoms with E-state index in [2.05, 4.69) is 15.2 Å². The first kappa shape index (κ1) is 17.2. The first-order chi connectivity index (χ1) is 13.5. The number of aromatic hydroxyl groups is 1. The zero-order chi connectivity index (χ0) is 19.4. The van der Waals surface area contributed by atoms with Crippen molar-refractivity contribution < 1.29 is 9.90 Å². The Morgan fingerprint density at radius 2 is 1.89 bits per heavy atom. The van der Waals surface area contributed by atoms with Crippen LogP contribution in [0.15, 0.2) is 30.3 Å². The molecule has 3 heterocycles. The molecule has 4 N–H and O–H groups in total. The Kier molecular flexibility index (Phi) is 3.87. The number of amides is 1. The number of nitrogens with one attached hydrogen (secondary N) is 1. The summed E-state index contributed by atoms with van der Waals surface area (Å²) in [4.78, 5) is 20.1. The van der Waals surface area contributed by atoms with Gasteiger partial charge in [0.1, 0.15) is 5.75 Å². The number of aromatic amines is 1. The molecule has 2 unspecified atom stereocenters. The molecule has 2 bridgehead atoms. The van der Waals surface area contributed by atoms with Gasteiger partial charge in [0, 0.05) is 30.4 Å². The zero-order valence-corrected chi connectivity index (χ0v) is 15.7. The van der Waals surface area contributed by atoms with Crippen LogP contribution in [0.5, 0.6) is 5.75 Å². The summed E-state index contributed by atoms with van der Waals surface area (Å²) >= 11 is 0. The summed E-state index contributed by atoms with van der Waals surface area (Å²) in [5, 5.41) is 17.6. The zero-order valence-electron chi connectivity index (χ0n) is 15.7. The van der Waals surface area contributed by atoms with Gasteiger partial charge in [-0.2, -0.15) is 5.10 Å². The second-order valence-electron chi connectivity index (χ2n) is 8.03. The van der Waals surface area contributed by atoms with E-state index in [1.807, 2.05) is 17.9 Å². The average molecular weight is 377 g/mol. The lowest BCUT2D eigenvalue weighted by Crippen LogP contribution is -2.50. The lowest BCUT2D eigenvalue weighted by atomic mass is 9.92. The number of aryl methyl sites for hydroxylation is 1. The van der Waals surface area contributed by atoms with E-state index < -0.39 is 0 Å². The highest BCUT2D eigenvalue weighted by Crippen LogP contribution is 2.37. The molecule has 1 aliphatic carbocycles. The van der Waals surface area contributed by atoms with Crippen LogP contribution < -0.4 is 5.73 Å². The first-order valence-corrected chi connectivity index (χ1v) is 9.71. The number of phenolic OH excluding ortho intramolecular Hbond substituents is 1. The van der Waals surface area contributed by atoms with E-state index in [-0.39, 0.29) is 17.7 Å². The lowest BCUT2D eigenvalue weighted by Gasteiger charge is -2.36. The molecule has 2 aliphatic rings. The molecule has 28 heavy (non-hydrogen) atoms. The third-order valence-corrected chi connectivity index (χ3v) is 6.29. The maximum atomic E-state index is 13.5. The summed E-state index contributed by atoms with van der Waals surface area (Å²) < 4.78 is 0. The van der Waals surface area contributed by atoms with Crippen molar-refractivity contribution in [2.24, 2.45) is 17.6 Å². The molecule has 7 heteroatoms. The van der Waals surface area contributed by atoms with Gasteiger partial charge in [0.15, 0.2) is 5.65 Å². The summed E-state index contributed by atoms with van der Waals surface area (Å²) in [7, 11) is 0. The Labute approximate surface area is 162 Å². The fourth-order valence-corrected chi connectivity index (χ4v) is 4.72. The van der Waals surface area contributed by atoms with Crippen LogP contribution in [0, 0.1) is 18.8 Å². The maximum Gasteiger partial charge on any atom is 0.254 e. The van der Waals surface area contributed by atoms with E-state index in [0.717, 1.165) is 29.5 Å². The van der Waals surface area contributed by atoms with Crippen LogP contribution >= 0.6 is 0 Å². The molecule has 1 aliphatic heterocycles. The van der Waals surface area contributed by atoms with Crippen molar-refractivity contribution in [1.29, 1.82) is 0 Å². The molecule has 2 atom stereocenters. The Balaban J connectivity index is 1.58. The number of rotatable bonds is 2. The van der Waals surface area contributed by atoms with Crippen LogP contribution in [-0.4, -0.2) is 50.2 Å². The van der Waals surface area contributed by atoms with Crippen LogP contribution in [0.1, 0.15) is 28.9 Å². The van der Waals surface area contributed by atoms with E-state index in [1.165, 1.54) is 0 Å². The van der Waals surface area contributed by atoms with Crippen molar-refractivity contribution in [3.63, 3.8) is 0 Å². The van der Waals surface area contributed by atoms with Crippen molar-refractivity contribution >= 4 is 16.9 Å². The number of H-pyrrole nitrogens is 1. The molecule has 3 aromatic rings. The monoisotopic (exact) mass is 377 g/mol. The molecule has 1 amide bonds. The van der Waals surface area contributed by atoms with Crippen LogP contribution in [0.2, 0.25) is 0 Å². The van der Waals surface area contributed by atoms with Gasteiger partial charge in [-0.15, -0.1) is 0 Å². The number of carbonyl (C=O) groups excluding carboxylic acids is 1. The number of piperidine rings is 1. The van der Waals surface area contributed by atoms with Crippen molar-refractivity contribution in [3.8, 4) is 17.0 Å². The van der Waals surface area contributed by atoms with E-state index in [9.17, 15) is 9.90 Å². The van der Waals surface area contributed by atoms with Gasteiger partial charge in [-0.1, -0.05) is 0 Å². The second kappa shape index (κ2) is 6.31. The fourth-order valence-electron chi connectivity index (χ4n) is 4.72. The number of fused-ring (bicyclic) bond motifs is 3. The van der Waals surface area contributed by atoms with Crippen LogP contribution in [0.3, 0.4) is 0 Å². The van der Waals surface area contributed by atoms with Gasteiger partial charge in [-0.25, -0.2) is 4.98 Å².